The highest BCUT2D eigenvalue weighted by molar-refractivity contribution is 5.88. The number of rotatable bonds is 3. The van der Waals surface area contributed by atoms with E-state index in [1.54, 1.807) is 4.90 Å². The zero-order chi connectivity index (χ0) is 13.9. The van der Waals surface area contributed by atoms with Gasteiger partial charge in [0, 0.05) is 32.1 Å². The van der Waals surface area contributed by atoms with Gasteiger partial charge >= 0.3 is 0 Å². The molecule has 4 aliphatic rings. The molecule has 110 valence electrons. The Bertz CT molecular complexity index is 459. The lowest BCUT2D eigenvalue weighted by Crippen LogP contribution is -2.50. The lowest BCUT2D eigenvalue weighted by molar-refractivity contribution is -0.149. The second-order valence-electron chi connectivity index (χ2n) is 7.08. The summed E-state index contributed by atoms with van der Waals surface area (Å²) in [6.45, 7) is 2.67. The maximum Gasteiger partial charge on any atom is 0.260 e. The summed E-state index contributed by atoms with van der Waals surface area (Å²) in [5.74, 6) is 0.702. The molecule has 0 spiro atoms. The Morgan fingerprint density at radius 2 is 2.00 bits per heavy atom. The van der Waals surface area contributed by atoms with E-state index in [1.165, 1.54) is 12.8 Å². The Morgan fingerprint density at radius 3 is 2.55 bits per heavy atom. The number of alkyl halides is 1. The molecule has 2 aliphatic carbocycles. The zero-order valence-electron chi connectivity index (χ0n) is 11.7. The predicted octanol–water partition coefficient (Wildman–Crippen LogP) is 1.21. The Hall–Kier alpha value is -1.13. The molecule has 0 aromatic rings. The van der Waals surface area contributed by atoms with E-state index in [-0.39, 0.29) is 23.7 Å². The fraction of sp³-hybridized carbons (Fsp3) is 0.867. The molecule has 2 saturated heterocycles. The number of carbonyl (C=O) groups excluding carboxylic acids is 2. The maximum absolute atomic E-state index is 14.2. The molecule has 2 atom stereocenters. The summed E-state index contributed by atoms with van der Waals surface area (Å²) in [5.41, 5.74) is -1.62. The van der Waals surface area contributed by atoms with E-state index >= 15 is 0 Å². The molecule has 0 N–H and O–H groups in total. The highest BCUT2D eigenvalue weighted by Crippen LogP contribution is 2.41. The third kappa shape index (κ3) is 1.85. The molecule has 2 heterocycles. The summed E-state index contributed by atoms with van der Waals surface area (Å²) in [7, 11) is 0. The van der Waals surface area contributed by atoms with Gasteiger partial charge in [0.15, 0.2) is 5.67 Å². The number of likely N-dealkylation sites (tertiary alicyclic amines) is 2. The third-order valence-corrected chi connectivity index (χ3v) is 5.52. The van der Waals surface area contributed by atoms with Gasteiger partial charge in [-0.25, -0.2) is 4.39 Å². The van der Waals surface area contributed by atoms with Crippen LogP contribution in [-0.2, 0) is 9.59 Å². The fourth-order valence-corrected chi connectivity index (χ4v) is 3.87. The highest BCUT2D eigenvalue weighted by atomic mass is 19.1. The van der Waals surface area contributed by atoms with Gasteiger partial charge in [-0.1, -0.05) is 0 Å². The van der Waals surface area contributed by atoms with Crippen molar-refractivity contribution in [2.75, 3.05) is 26.2 Å². The van der Waals surface area contributed by atoms with Crippen LogP contribution in [0.25, 0.3) is 0 Å². The lowest BCUT2D eigenvalue weighted by Gasteiger charge is -2.36. The molecule has 2 amide bonds. The average molecular weight is 280 g/mol. The van der Waals surface area contributed by atoms with Crippen LogP contribution in [0.3, 0.4) is 0 Å². The number of amides is 2. The minimum absolute atomic E-state index is 0.0682. The van der Waals surface area contributed by atoms with Gasteiger partial charge < -0.3 is 9.80 Å². The van der Waals surface area contributed by atoms with Crippen molar-refractivity contribution in [1.29, 1.82) is 0 Å². The second kappa shape index (κ2) is 4.18. The van der Waals surface area contributed by atoms with Crippen LogP contribution in [0, 0.1) is 17.8 Å². The zero-order valence-corrected chi connectivity index (χ0v) is 11.7. The topological polar surface area (TPSA) is 40.6 Å². The van der Waals surface area contributed by atoms with Crippen LogP contribution in [-0.4, -0.2) is 53.5 Å². The van der Waals surface area contributed by atoms with Crippen molar-refractivity contribution in [3.8, 4) is 0 Å². The SMILES string of the molecule is O=C1[C@H]2CN(C(=O)C3(F)CCC3)C[C@H]2CN1CC1CC1. The molecule has 4 rings (SSSR count). The summed E-state index contributed by atoms with van der Waals surface area (Å²) < 4.78 is 14.2. The summed E-state index contributed by atoms with van der Waals surface area (Å²) in [5, 5.41) is 0. The van der Waals surface area contributed by atoms with Crippen LogP contribution >= 0.6 is 0 Å². The monoisotopic (exact) mass is 280 g/mol. The van der Waals surface area contributed by atoms with Crippen molar-refractivity contribution in [2.45, 2.75) is 37.8 Å². The molecular weight excluding hydrogens is 259 g/mol. The second-order valence-corrected chi connectivity index (χ2v) is 7.08. The fourth-order valence-electron chi connectivity index (χ4n) is 3.87. The molecule has 2 aliphatic heterocycles. The van der Waals surface area contributed by atoms with Crippen LogP contribution in [0.2, 0.25) is 0 Å². The quantitative estimate of drug-likeness (QED) is 0.779. The van der Waals surface area contributed by atoms with Gasteiger partial charge in [-0.2, -0.15) is 0 Å². The van der Waals surface area contributed by atoms with Crippen LogP contribution in [0.4, 0.5) is 4.39 Å². The molecule has 4 fully saturated rings. The van der Waals surface area contributed by atoms with Crippen molar-refractivity contribution < 1.29 is 14.0 Å². The highest BCUT2D eigenvalue weighted by Gasteiger charge is 2.53. The number of hydrogen-bond donors (Lipinski definition) is 0. The first-order valence-corrected chi connectivity index (χ1v) is 7.84. The molecule has 4 nitrogen and oxygen atoms in total. The molecule has 0 radical (unpaired) electrons. The van der Waals surface area contributed by atoms with E-state index in [1.807, 2.05) is 4.90 Å². The minimum atomic E-state index is -1.62. The van der Waals surface area contributed by atoms with E-state index in [4.69, 9.17) is 0 Å². The molecule has 0 aromatic carbocycles. The van der Waals surface area contributed by atoms with Crippen LogP contribution in [0.15, 0.2) is 0 Å². The van der Waals surface area contributed by atoms with Crippen molar-refractivity contribution in [2.24, 2.45) is 17.8 Å². The number of fused-ring (bicyclic) bond motifs is 1. The minimum Gasteiger partial charge on any atom is -0.342 e. The van der Waals surface area contributed by atoms with Crippen molar-refractivity contribution in [1.82, 2.24) is 9.80 Å². The largest absolute Gasteiger partial charge is 0.342 e. The van der Waals surface area contributed by atoms with Gasteiger partial charge in [0.2, 0.25) is 5.91 Å². The van der Waals surface area contributed by atoms with Crippen molar-refractivity contribution in [3.05, 3.63) is 0 Å². The molecular formula is C15H21FN2O2. The van der Waals surface area contributed by atoms with E-state index in [0.29, 0.717) is 31.8 Å². The molecule has 5 heteroatoms. The lowest BCUT2D eigenvalue weighted by atomic mass is 9.81. The van der Waals surface area contributed by atoms with Gasteiger partial charge in [-0.05, 0) is 38.0 Å². The van der Waals surface area contributed by atoms with Gasteiger partial charge in [-0.15, -0.1) is 0 Å². The maximum atomic E-state index is 14.2. The Balaban J connectivity index is 1.40. The van der Waals surface area contributed by atoms with E-state index < -0.39 is 5.67 Å². The Morgan fingerprint density at radius 1 is 1.25 bits per heavy atom. The normalized spacial score (nSPS) is 35.1. The summed E-state index contributed by atoms with van der Waals surface area (Å²) >= 11 is 0. The summed E-state index contributed by atoms with van der Waals surface area (Å²) in [6, 6.07) is 0. The number of halogens is 1. The first kappa shape index (κ1) is 12.6. The molecule has 20 heavy (non-hydrogen) atoms. The van der Waals surface area contributed by atoms with Crippen molar-refractivity contribution in [3.63, 3.8) is 0 Å². The molecule has 2 saturated carbocycles. The van der Waals surface area contributed by atoms with E-state index in [0.717, 1.165) is 19.5 Å². The number of nitrogens with zero attached hydrogens (tertiary/aromatic N) is 2. The van der Waals surface area contributed by atoms with E-state index in [9.17, 15) is 14.0 Å². The number of hydrogen-bond acceptors (Lipinski definition) is 2. The molecule has 0 unspecified atom stereocenters. The third-order valence-electron chi connectivity index (χ3n) is 5.52. The van der Waals surface area contributed by atoms with E-state index in [2.05, 4.69) is 0 Å². The van der Waals surface area contributed by atoms with Gasteiger partial charge in [0.05, 0.1) is 5.92 Å². The Labute approximate surface area is 118 Å². The van der Waals surface area contributed by atoms with Crippen molar-refractivity contribution >= 4 is 11.8 Å². The molecule has 0 bridgehead atoms. The first-order chi connectivity index (χ1) is 9.57. The van der Waals surface area contributed by atoms with Crippen LogP contribution in [0.1, 0.15) is 32.1 Å². The van der Waals surface area contributed by atoms with Gasteiger partial charge in [-0.3, -0.25) is 9.59 Å². The predicted molar refractivity (Wildman–Crippen MR) is 70.6 cm³/mol. The number of carbonyl (C=O) groups is 2. The molecule has 0 aromatic heterocycles. The standard InChI is InChI=1S/C15H21FN2O2/c16-15(4-1-5-15)14(20)18-8-11-7-17(6-10-2-3-10)13(19)12(11)9-18/h10-12H,1-9H2/t11-,12+/m1/s1. The van der Waals surface area contributed by atoms with Gasteiger partial charge in [0.25, 0.3) is 5.91 Å². The summed E-state index contributed by atoms with van der Waals surface area (Å²) in [4.78, 5) is 28.1. The van der Waals surface area contributed by atoms with Crippen LogP contribution in [0.5, 0.6) is 0 Å². The Kier molecular flexibility index (Phi) is 2.63. The smallest absolute Gasteiger partial charge is 0.260 e. The van der Waals surface area contributed by atoms with Gasteiger partial charge in [0.1, 0.15) is 0 Å². The van der Waals surface area contributed by atoms with Crippen LogP contribution < -0.4 is 0 Å². The summed E-state index contributed by atoms with van der Waals surface area (Å²) in [6.07, 6.45) is 4.01. The first-order valence-electron chi connectivity index (χ1n) is 7.84. The average Bonchev–Trinajstić information content (AvgIpc) is 3.03.